The van der Waals surface area contributed by atoms with E-state index in [0.29, 0.717) is 17.3 Å². The van der Waals surface area contributed by atoms with Crippen LogP contribution in [0.3, 0.4) is 0 Å². The van der Waals surface area contributed by atoms with Crippen molar-refractivity contribution in [3.05, 3.63) is 65.9 Å². The number of carbonyl (C=O) groups is 1. The average molecular weight is 390 g/mol. The first kappa shape index (κ1) is 19.3. The number of anilines is 1. The molecule has 0 bridgehead atoms. The second kappa shape index (κ2) is 7.79. The van der Waals surface area contributed by atoms with E-state index in [0.717, 1.165) is 54.3 Å². The summed E-state index contributed by atoms with van der Waals surface area (Å²) in [7, 11) is 3.50. The molecule has 6 nitrogen and oxygen atoms in total. The van der Waals surface area contributed by atoms with Gasteiger partial charge in [-0.25, -0.2) is 4.98 Å². The standard InChI is InChI=1S/C23H26N4O2/c1-14-5-6-16(23(28)27(3)4)13-19(14)21-20-18(15(2)25-21)7-10-24-22(20)26-17-8-11-29-12-9-17/h5-7,10,13,17,19H,1-2,8-9,11-12H2,3-4H3,(H,24,26). The predicted molar refractivity (Wildman–Crippen MR) is 116 cm³/mol. The van der Waals surface area contributed by atoms with Crippen LogP contribution in [0, 0.1) is 5.92 Å². The SMILES string of the molecule is C=C1N=C(C2C=C(C(=O)N(C)C)C=CC2=C)c2c1ccnc2NC1CCOCC1. The highest BCUT2D eigenvalue weighted by atomic mass is 16.5. The van der Waals surface area contributed by atoms with Gasteiger partial charge in [0.1, 0.15) is 5.82 Å². The Kier molecular flexibility index (Phi) is 5.20. The van der Waals surface area contributed by atoms with Gasteiger partial charge in [-0.15, -0.1) is 0 Å². The van der Waals surface area contributed by atoms with Crippen LogP contribution < -0.4 is 5.32 Å². The van der Waals surface area contributed by atoms with E-state index in [2.05, 4.69) is 23.5 Å². The van der Waals surface area contributed by atoms with Gasteiger partial charge in [0, 0.05) is 62.2 Å². The number of rotatable bonds is 4. The van der Waals surface area contributed by atoms with Crippen LogP contribution in [0.2, 0.25) is 0 Å². The Bertz CT molecular complexity index is 965. The molecule has 1 fully saturated rings. The number of fused-ring (bicyclic) bond motifs is 1. The summed E-state index contributed by atoms with van der Waals surface area (Å²) in [6.07, 6.45) is 9.33. The third kappa shape index (κ3) is 3.68. The summed E-state index contributed by atoms with van der Waals surface area (Å²) < 4.78 is 5.47. The first-order valence-corrected chi connectivity index (χ1v) is 9.87. The van der Waals surface area contributed by atoms with E-state index >= 15 is 0 Å². The Labute approximate surface area is 171 Å². The van der Waals surface area contributed by atoms with Gasteiger partial charge in [-0.1, -0.05) is 25.3 Å². The number of ether oxygens (including phenoxy) is 1. The molecule has 1 atom stereocenters. The Morgan fingerprint density at radius 1 is 1.24 bits per heavy atom. The molecule has 3 aliphatic rings. The normalized spacial score (nSPS) is 21.5. The fraction of sp³-hybridized carbons (Fsp3) is 0.348. The van der Waals surface area contributed by atoms with Crippen LogP contribution in [0.25, 0.3) is 5.70 Å². The summed E-state index contributed by atoms with van der Waals surface area (Å²) >= 11 is 0. The number of nitrogens with one attached hydrogen (secondary N) is 1. The minimum absolute atomic E-state index is 0.0388. The van der Waals surface area contributed by atoms with E-state index < -0.39 is 0 Å². The monoisotopic (exact) mass is 390 g/mol. The van der Waals surface area contributed by atoms with Crippen LogP contribution in [-0.2, 0) is 9.53 Å². The van der Waals surface area contributed by atoms with Crippen molar-refractivity contribution < 1.29 is 9.53 Å². The van der Waals surface area contributed by atoms with E-state index in [-0.39, 0.29) is 11.8 Å². The third-order valence-corrected chi connectivity index (χ3v) is 5.51. The summed E-state index contributed by atoms with van der Waals surface area (Å²) in [4.78, 5) is 23.5. The summed E-state index contributed by atoms with van der Waals surface area (Å²) in [6.45, 7) is 9.83. The number of amides is 1. The minimum atomic E-state index is -0.198. The largest absolute Gasteiger partial charge is 0.381 e. The molecule has 29 heavy (non-hydrogen) atoms. The highest BCUT2D eigenvalue weighted by Gasteiger charge is 2.32. The third-order valence-electron chi connectivity index (χ3n) is 5.51. The molecule has 3 heterocycles. The second-order valence-corrected chi connectivity index (χ2v) is 7.76. The van der Waals surface area contributed by atoms with Crippen molar-refractivity contribution in [3.63, 3.8) is 0 Å². The summed E-state index contributed by atoms with van der Waals surface area (Å²) in [5.74, 6) is 0.572. The zero-order chi connectivity index (χ0) is 20.5. The Morgan fingerprint density at radius 3 is 2.72 bits per heavy atom. The molecule has 1 aromatic rings. The Balaban J connectivity index is 1.71. The molecular formula is C23H26N4O2. The predicted octanol–water partition coefficient (Wildman–Crippen LogP) is 3.20. The van der Waals surface area contributed by atoms with Gasteiger partial charge in [-0.2, -0.15) is 0 Å². The Morgan fingerprint density at radius 2 is 2.00 bits per heavy atom. The fourth-order valence-electron chi connectivity index (χ4n) is 3.89. The van der Waals surface area contributed by atoms with E-state index in [1.807, 2.05) is 24.3 Å². The topological polar surface area (TPSA) is 66.8 Å². The van der Waals surface area contributed by atoms with Gasteiger partial charge in [0.2, 0.25) is 0 Å². The maximum atomic E-state index is 12.5. The van der Waals surface area contributed by atoms with Crippen molar-refractivity contribution >= 4 is 23.1 Å². The molecule has 0 aromatic carbocycles. The summed E-state index contributed by atoms with van der Waals surface area (Å²) in [5.41, 5.74) is 5.01. The molecule has 0 radical (unpaired) electrons. The molecular weight excluding hydrogens is 364 g/mol. The maximum absolute atomic E-state index is 12.5. The van der Waals surface area contributed by atoms with Gasteiger partial charge in [-0.3, -0.25) is 9.79 Å². The number of carbonyl (C=O) groups excluding carboxylic acids is 1. The lowest BCUT2D eigenvalue weighted by atomic mass is 9.84. The van der Waals surface area contributed by atoms with Gasteiger partial charge in [0.15, 0.2) is 0 Å². The zero-order valence-corrected chi connectivity index (χ0v) is 16.9. The molecule has 4 rings (SSSR count). The highest BCUT2D eigenvalue weighted by molar-refractivity contribution is 6.17. The van der Waals surface area contributed by atoms with Crippen LogP contribution in [0.5, 0.6) is 0 Å². The second-order valence-electron chi connectivity index (χ2n) is 7.76. The molecule has 1 aliphatic carbocycles. The lowest BCUT2D eigenvalue weighted by Gasteiger charge is -2.26. The van der Waals surface area contributed by atoms with Crippen molar-refractivity contribution in [1.29, 1.82) is 0 Å². The highest BCUT2D eigenvalue weighted by Crippen LogP contribution is 2.38. The van der Waals surface area contributed by atoms with Crippen LogP contribution in [0.15, 0.2) is 59.8 Å². The lowest BCUT2D eigenvalue weighted by molar-refractivity contribution is -0.124. The van der Waals surface area contributed by atoms with Crippen LogP contribution in [0.4, 0.5) is 5.82 Å². The summed E-state index contributed by atoms with van der Waals surface area (Å²) in [5, 5.41) is 3.58. The van der Waals surface area contributed by atoms with Crippen molar-refractivity contribution in [2.24, 2.45) is 10.9 Å². The van der Waals surface area contributed by atoms with Crippen molar-refractivity contribution in [2.45, 2.75) is 18.9 Å². The molecule has 1 saturated heterocycles. The number of likely N-dealkylation sites (N-methyl/N-ethyl adjacent to an activating group) is 1. The van der Waals surface area contributed by atoms with Gasteiger partial charge in [0.05, 0.1) is 11.4 Å². The number of pyridine rings is 1. The smallest absolute Gasteiger partial charge is 0.253 e. The van der Waals surface area contributed by atoms with E-state index in [1.54, 1.807) is 25.2 Å². The van der Waals surface area contributed by atoms with Crippen LogP contribution in [0.1, 0.15) is 24.0 Å². The molecule has 1 N–H and O–H groups in total. The quantitative estimate of drug-likeness (QED) is 0.857. The number of hydrogen-bond acceptors (Lipinski definition) is 5. The summed E-state index contributed by atoms with van der Waals surface area (Å²) in [6, 6.07) is 2.26. The number of nitrogens with zero attached hydrogens (tertiary/aromatic N) is 3. The van der Waals surface area contributed by atoms with Crippen molar-refractivity contribution in [3.8, 4) is 0 Å². The van der Waals surface area contributed by atoms with E-state index in [9.17, 15) is 4.79 Å². The molecule has 6 heteroatoms. The molecule has 1 amide bonds. The Hall–Kier alpha value is -2.99. The fourth-order valence-corrected chi connectivity index (χ4v) is 3.89. The molecule has 0 spiro atoms. The number of hydrogen-bond donors (Lipinski definition) is 1. The average Bonchev–Trinajstić information content (AvgIpc) is 3.06. The van der Waals surface area contributed by atoms with Crippen molar-refractivity contribution in [1.82, 2.24) is 9.88 Å². The number of aliphatic imine (C=N–C) groups is 1. The maximum Gasteiger partial charge on any atom is 0.253 e. The number of aromatic nitrogens is 1. The molecule has 1 unspecified atom stereocenters. The van der Waals surface area contributed by atoms with E-state index in [4.69, 9.17) is 9.73 Å². The van der Waals surface area contributed by atoms with Crippen LogP contribution in [-0.4, -0.2) is 54.9 Å². The lowest BCUT2D eigenvalue weighted by Crippen LogP contribution is -2.30. The molecule has 1 aromatic heterocycles. The molecule has 0 saturated carbocycles. The van der Waals surface area contributed by atoms with Gasteiger partial charge in [-0.05, 0) is 30.6 Å². The van der Waals surface area contributed by atoms with Gasteiger partial charge in [0.25, 0.3) is 5.91 Å². The van der Waals surface area contributed by atoms with Crippen LogP contribution >= 0.6 is 0 Å². The first-order chi connectivity index (χ1) is 14.0. The first-order valence-electron chi connectivity index (χ1n) is 9.87. The minimum Gasteiger partial charge on any atom is -0.381 e. The molecule has 2 aliphatic heterocycles. The zero-order valence-electron chi connectivity index (χ0n) is 16.9. The van der Waals surface area contributed by atoms with E-state index in [1.165, 1.54) is 0 Å². The number of allylic oxidation sites excluding steroid dienone is 3. The van der Waals surface area contributed by atoms with Gasteiger partial charge < -0.3 is 15.0 Å². The van der Waals surface area contributed by atoms with Crippen molar-refractivity contribution in [2.75, 3.05) is 32.6 Å². The van der Waals surface area contributed by atoms with Gasteiger partial charge >= 0.3 is 0 Å². The molecule has 150 valence electrons.